The first kappa shape index (κ1) is 19.0. The van der Waals surface area contributed by atoms with Crippen molar-refractivity contribution < 1.29 is 21.3 Å². The van der Waals surface area contributed by atoms with Gasteiger partial charge in [0.25, 0.3) is 0 Å². The molecule has 0 aromatic heterocycles. The van der Waals surface area contributed by atoms with Crippen LogP contribution in [0.25, 0.3) is 0 Å². The van der Waals surface area contributed by atoms with Gasteiger partial charge in [0, 0.05) is 24.3 Å². The Kier molecular flexibility index (Phi) is 6.22. The van der Waals surface area contributed by atoms with Crippen LogP contribution in [0, 0.1) is 0 Å². The maximum Gasteiger partial charge on any atom is 0.488 e. The third-order valence-electron chi connectivity index (χ3n) is 3.30. The Hall–Kier alpha value is -2.32. The second-order valence-electron chi connectivity index (χ2n) is 5.23. The van der Waals surface area contributed by atoms with Crippen molar-refractivity contribution in [1.29, 1.82) is 0 Å². The number of benzene rings is 2. The summed E-state index contributed by atoms with van der Waals surface area (Å²) in [5, 5.41) is 3.30. The number of hydrogen-bond donors (Lipinski definition) is 1. The van der Waals surface area contributed by atoms with E-state index in [9.17, 15) is 17.1 Å². The number of hydrogen-bond acceptors (Lipinski definition) is 4. The molecule has 1 N–H and O–H groups in total. The smallest absolute Gasteiger partial charge is 0.358 e. The number of halogens is 2. The molecule has 134 valence electrons. The standard InChI is InChI=1S/C16H16ClFN2O4S/c1-20(11-10-12-2-4-13(17)5-3-12)16(21)19-14-6-8-15(9-7-14)24-25(18,22)23/h2-9H,10-11H2,1H3,(H,19,21). The van der Waals surface area contributed by atoms with Crippen LogP contribution in [0.15, 0.2) is 48.5 Å². The number of carbonyl (C=O) groups is 1. The molecule has 0 saturated carbocycles. The number of urea groups is 1. The summed E-state index contributed by atoms with van der Waals surface area (Å²) < 4.78 is 37.3. The van der Waals surface area contributed by atoms with E-state index in [1.807, 2.05) is 12.1 Å². The maximum absolute atomic E-state index is 12.4. The molecule has 0 aliphatic heterocycles. The quantitative estimate of drug-likeness (QED) is 0.769. The van der Waals surface area contributed by atoms with E-state index in [1.165, 1.54) is 29.2 Å². The van der Waals surface area contributed by atoms with Gasteiger partial charge in [-0.05, 0) is 48.4 Å². The highest BCUT2D eigenvalue weighted by Crippen LogP contribution is 2.18. The highest BCUT2D eigenvalue weighted by Gasteiger charge is 2.11. The SMILES string of the molecule is CN(CCc1ccc(Cl)cc1)C(=O)Nc1ccc(OS(=O)(=O)F)cc1. The number of likely N-dealkylation sites (N-methyl/N-ethyl adjacent to an activating group) is 1. The highest BCUT2D eigenvalue weighted by molar-refractivity contribution is 7.81. The Morgan fingerprint density at radius 3 is 2.32 bits per heavy atom. The van der Waals surface area contributed by atoms with Gasteiger partial charge in [0.15, 0.2) is 0 Å². The predicted octanol–water partition coefficient (Wildman–Crippen LogP) is 3.64. The molecule has 2 amide bonds. The van der Waals surface area contributed by atoms with Gasteiger partial charge in [-0.25, -0.2) is 4.79 Å². The molecule has 0 atom stereocenters. The van der Waals surface area contributed by atoms with E-state index in [4.69, 9.17) is 11.6 Å². The Morgan fingerprint density at radius 2 is 1.76 bits per heavy atom. The van der Waals surface area contributed by atoms with E-state index >= 15 is 0 Å². The Labute approximate surface area is 150 Å². The zero-order chi connectivity index (χ0) is 18.4. The molecule has 6 nitrogen and oxygen atoms in total. The second kappa shape index (κ2) is 8.17. The van der Waals surface area contributed by atoms with Crippen LogP contribution >= 0.6 is 11.6 Å². The molecule has 2 rings (SSSR count). The van der Waals surface area contributed by atoms with Crippen LogP contribution in [-0.2, 0) is 16.9 Å². The van der Waals surface area contributed by atoms with E-state index in [2.05, 4.69) is 9.50 Å². The van der Waals surface area contributed by atoms with Crippen molar-refractivity contribution in [1.82, 2.24) is 4.90 Å². The zero-order valence-electron chi connectivity index (χ0n) is 13.3. The Bertz CT molecular complexity index is 826. The highest BCUT2D eigenvalue weighted by atomic mass is 35.5. The first-order valence-corrected chi connectivity index (χ1v) is 8.92. The summed E-state index contributed by atoms with van der Waals surface area (Å²) in [5.41, 5.74) is 1.48. The molecule has 2 aromatic carbocycles. The molecular formula is C16H16ClFN2O4S. The van der Waals surface area contributed by atoms with E-state index in [1.54, 1.807) is 19.2 Å². The van der Waals surface area contributed by atoms with Crippen LogP contribution in [0.4, 0.5) is 14.4 Å². The minimum Gasteiger partial charge on any atom is -0.358 e. The number of carbonyl (C=O) groups excluding carboxylic acids is 1. The molecule has 25 heavy (non-hydrogen) atoms. The number of nitrogens with one attached hydrogen (secondary N) is 1. The molecule has 0 saturated heterocycles. The maximum atomic E-state index is 12.4. The van der Waals surface area contributed by atoms with Gasteiger partial charge in [-0.3, -0.25) is 0 Å². The minimum absolute atomic E-state index is 0.184. The van der Waals surface area contributed by atoms with Crippen molar-refractivity contribution in [3.63, 3.8) is 0 Å². The second-order valence-corrected chi connectivity index (χ2v) is 6.62. The van der Waals surface area contributed by atoms with Crippen molar-refractivity contribution in [3.05, 3.63) is 59.1 Å². The van der Waals surface area contributed by atoms with E-state index in [-0.39, 0.29) is 11.8 Å². The molecular weight excluding hydrogens is 371 g/mol. The molecule has 0 unspecified atom stereocenters. The van der Waals surface area contributed by atoms with Gasteiger partial charge >= 0.3 is 16.5 Å². The van der Waals surface area contributed by atoms with Crippen LogP contribution < -0.4 is 9.50 Å². The van der Waals surface area contributed by atoms with Gasteiger partial charge in [0.1, 0.15) is 5.75 Å². The van der Waals surface area contributed by atoms with Crippen LogP contribution in [0.1, 0.15) is 5.56 Å². The van der Waals surface area contributed by atoms with Gasteiger partial charge in [0.05, 0.1) is 0 Å². The summed E-state index contributed by atoms with van der Waals surface area (Å²) in [7, 11) is -3.42. The van der Waals surface area contributed by atoms with Crippen molar-refractivity contribution in [2.24, 2.45) is 0 Å². The molecule has 0 spiro atoms. The molecule has 0 aliphatic carbocycles. The lowest BCUT2D eigenvalue weighted by atomic mass is 10.1. The third-order valence-corrected chi connectivity index (χ3v) is 3.94. The first-order valence-electron chi connectivity index (χ1n) is 7.23. The van der Waals surface area contributed by atoms with Gasteiger partial charge < -0.3 is 14.4 Å². The van der Waals surface area contributed by atoms with Gasteiger partial charge in [-0.2, -0.15) is 8.42 Å². The molecule has 0 bridgehead atoms. The fraction of sp³-hybridized carbons (Fsp3) is 0.188. The minimum atomic E-state index is -5.07. The third kappa shape index (κ3) is 6.60. The van der Waals surface area contributed by atoms with Crippen LogP contribution in [-0.4, -0.2) is 32.9 Å². The van der Waals surface area contributed by atoms with E-state index in [0.717, 1.165) is 5.56 Å². The fourth-order valence-electron chi connectivity index (χ4n) is 1.98. The largest absolute Gasteiger partial charge is 0.488 e. The average Bonchev–Trinajstić information content (AvgIpc) is 2.54. The van der Waals surface area contributed by atoms with Crippen molar-refractivity contribution in [2.75, 3.05) is 18.9 Å². The number of nitrogens with zero attached hydrogens (tertiary/aromatic N) is 1. The van der Waals surface area contributed by atoms with E-state index < -0.39 is 10.5 Å². The average molecular weight is 387 g/mol. The van der Waals surface area contributed by atoms with Crippen molar-refractivity contribution in [2.45, 2.75) is 6.42 Å². The topological polar surface area (TPSA) is 75.7 Å². The lowest BCUT2D eigenvalue weighted by Crippen LogP contribution is -2.32. The lowest BCUT2D eigenvalue weighted by molar-refractivity contribution is 0.223. The Morgan fingerprint density at radius 1 is 1.16 bits per heavy atom. The van der Waals surface area contributed by atoms with Crippen LogP contribution in [0.5, 0.6) is 5.75 Å². The molecule has 0 aliphatic rings. The zero-order valence-corrected chi connectivity index (χ0v) is 14.8. The number of rotatable bonds is 6. The van der Waals surface area contributed by atoms with Gasteiger partial charge in [-0.1, -0.05) is 27.6 Å². The number of amides is 2. The summed E-state index contributed by atoms with van der Waals surface area (Å²) in [5.74, 6) is -0.184. The molecule has 2 aromatic rings. The monoisotopic (exact) mass is 386 g/mol. The summed E-state index contributed by atoms with van der Waals surface area (Å²) in [6.45, 7) is 0.495. The summed E-state index contributed by atoms with van der Waals surface area (Å²) in [4.78, 5) is 13.6. The molecule has 0 radical (unpaired) electrons. The predicted molar refractivity (Wildman–Crippen MR) is 93.9 cm³/mol. The van der Waals surface area contributed by atoms with Crippen molar-refractivity contribution in [3.8, 4) is 5.75 Å². The summed E-state index contributed by atoms with van der Waals surface area (Å²) in [6, 6.07) is 12.3. The lowest BCUT2D eigenvalue weighted by Gasteiger charge is -2.18. The van der Waals surface area contributed by atoms with Crippen molar-refractivity contribution >= 4 is 33.8 Å². The fourth-order valence-corrected chi connectivity index (χ4v) is 2.44. The molecule has 9 heteroatoms. The van der Waals surface area contributed by atoms with E-state index in [0.29, 0.717) is 23.7 Å². The molecule has 0 fully saturated rings. The summed E-state index contributed by atoms with van der Waals surface area (Å²) >= 11 is 5.82. The van der Waals surface area contributed by atoms with Gasteiger partial charge in [0.2, 0.25) is 0 Å². The van der Waals surface area contributed by atoms with Crippen LogP contribution in [0.2, 0.25) is 5.02 Å². The normalized spacial score (nSPS) is 11.0. The first-order chi connectivity index (χ1) is 11.7. The Balaban J connectivity index is 1.86. The number of anilines is 1. The van der Waals surface area contributed by atoms with Crippen LogP contribution in [0.3, 0.4) is 0 Å². The van der Waals surface area contributed by atoms with Gasteiger partial charge in [-0.15, -0.1) is 0 Å². The summed E-state index contributed by atoms with van der Waals surface area (Å²) in [6.07, 6.45) is 0.669. The molecule has 0 heterocycles.